The summed E-state index contributed by atoms with van der Waals surface area (Å²) in [4.78, 5) is 32.7. The number of nitrogens with zero attached hydrogens (tertiary/aromatic N) is 2. The summed E-state index contributed by atoms with van der Waals surface area (Å²) >= 11 is 5.34. The van der Waals surface area contributed by atoms with Crippen LogP contribution in [0.2, 0.25) is 0 Å². The van der Waals surface area contributed by atoms with Crippen molar-refractivity contribution in [3.63, 3.8) is 0 Å². The van der Waals surface area contributed by atoms with Gasteiger partial charge < -0.3 is 19.5 Å². The molecule has 4 rings (SSSR count). The zero-order valence-electron chi connectivity index (χ0n) is 17.7. The third-order valence-electron chi connectivity index (χ3n) is 5.02. The smallest absolute Gasteiger partial charge is 0.262 e. The molecule has 0 saturated heterocycles. The molecule has 0 saturated carbocycles. The normalized spacial score (nSPS) is 11.1. The summed E-state index contributed by atoms with van der Waals surface area (Å²) in [6.07, 6.45) is 2.34. The van der Waals surface area contributed by atoms with Crippen molar-refractivity contribution in [1.29, 1.82) is 0 Å². The van der Waals surface area contributed by atoms with Gasteiger partial charge >= 0.3 is 0 Å². The van der Waals surface area contributed by atoms with Gasteiger partial charge in [-0.2, -0.15) is 0 Å². The molecule has 0 unspecified atom stereocenters. The molecule has 0 bridgehead atoms. The molecule has 32 heavy (non-hydrogen) atoms. The zero-order chi connectivity index (χ0) is 22.7. The van der Waals surface area contributed by atoms with Crippen LogP contribution in [-0.2, 0) is 11.3 Å². The number of nitrogens with one attached hydrogen (secondary N) is 2. The van der Waals surface area contributed by atoms with E-state index in [0.29, 0.717) is 58.1 Å². The van der Waals surface area contributed by atoms with E-state index in [-0.39, 0.29) is 11.5 Å². The van der Waals surface area contributed by atoms with Gasteiger partial charge in [-0.1, -0.05) is 0 Å². The van der Waals surface area contributed by atoms with E-state index in [4.69, 9.17) is 21.4 Å². The Morgan fingerprint density at radius 2 is 2.03 bits per heavy atom. The number of fused-ring (bicyclic) bond motifs is 1. The fourth-order valence-corrected chi connectivity index (χ4v) is 3.67. The maximum Gasteiger partial charge on any atom is 0.262 e. The SMILES string of the molecule is COCCCn1c(=S)[nH]c2cc(C(=O)Nc3ccc(-c4cnc(C)o4)cc3)ccc2c1=O. The Bertz CT molecular complexity index is 1390. The molecule has 2 aromatic carbocycles. The van der Waals surface area contributed by atoms with Gasteiger partial charge in [-0.25, -0.2) is 4.98 Å². The standard InChI is InChI=1S/C23H22N4O4S/c1-14-24-13-20(31-14)15-4-7-17(8-5-15)25-21(28)16-6-9-18-19(12-16)26-23(32)27(22(18)29)10-3-11-30-2/h4-9,12-13H,3,10-11H2,1-2H3,(H,25,28)(H,26,32). The minimum atomic E-state index is -0.293. The number of H-pyrrole nitrogens is 1. The van der Waals surface area contributed by atoms with Crippen LogP contribution in [0.25, 0.3) is 22.2 Å². The molecule has 4 aromatic rings. The Hall–Kier alpha value is -3.56. The van der Waals surface area contributed by atoms with Gasteiger partial charge in [0.05, 0.1) is 17.1 Å². The lowest BCUT2D eigenvalue weighted by Gasteiger charge is -2.10. The maximum atomic E-state index is 12.8. The highest BCUT2D eigenvalue weighted by Crippen LogP contribution is 2.22. The molecule has 2 N–H and O–H groups in total. The average molecular weight is 451 g/mol. The number of hydrogen-bond acceptors (Lipinski definition) is 6. The van der Waals surface area contributed by atoms with E-state index in [0.717, 1.165) is 5.56 Å². The van der Waals surface area contributed by atoms with Gasteiger partial charge in [-0.05, 0) is 61.1 Å². The molecule has 0 atom stereocenters. The highest BCUT2D eigenvalue weighted by Gasteiger charge is 2.11. The number of carbonyl (C=O) groups excluding carboxylic acids is 1. The summed E-state index contributed by atoms with van der Waals surface area (Å²) in [6, 6.07) is 12.2. The Labute approximate surface area is 188 Å². The van der Waals surface area contributed by atoms with Gasteiger partial charge in [-0.3, -0.25) is 14.2 Å². The summed E-state index contributed by atoms with van der Waals surface area (Å²) in [6.45, 7) is 2.78. The van der Waals surface area contributed by atoms with Crippen molar-refractivity contribution in [2.45, 2.75) is 19.9 Å². The number of benzene rings is 2. The van der Waals surface area contributed by atoms with Gasteiger partial charge in [0.2, 0.25) is 0 Å². The van der Waals surface area contributed by atoms with Crippen LogP contribution in [0.15, 0.2) is 57.9 Å². The Kier molecular flexibility index (Phi) is 6.29. The Morgan fingerprint density at radius 3 is 2.72 bits per heavy atom. The van der Waals surface area contributed by atoms with Crippen LogP contribution >= 0.6 is 12.2 Å². The predicted molar refractivity (Wildman–Crippen MR) is 125 cm³/mol. The third kappa shape index (κ3) is 4.53. The number of ether oxygens (including phenoxy) is 1. The quantitative estimate of drug-likeness (QED) is 0.321. The molecule has 0 spiro atoms. The minimum absolute atomic E-state index is 0.190. The number of hydrogen-bond donors (Lipinski definition) is 2. The molecule has 2 heterocycles. The monoisotopic (exact) mass is 450 g/mol. The van der Waals surface area contributed by atoms with E-state index in [1.807, 2.05) is 12.1 Å². The van der Waals surface area contributed by atoms with E-state index in [2.05, 4.69) is 15.3 Å². The number of anilines is 1. The molecule has 2 aromatic heterocycles. The molecular formula is C23H22N4O4S. The second kappa shape index (κ2) is 9.29. The van der Waals surface area contributed by atoms with Crippen LogP contribution < -0.4 is 10.9 Å². The van der Waals surface area contributed by atoms with E-state index in [1.54, 1.807) is 50.6 Å². The number of aromatic amines is 1. The number of aryl methyl sites for hydroxylation is 1. The first-order valence-corrected chi connectivity index (χ1v) is 10.5. The van der Waals surface area contributed by atoms with Crippen LogP contribution in [0.5, 0.6) is 0 Å². The van der Waals surface area contributed by atoms with Gasteiger partial charge in [0, 0.05) is 44.0 Å². The number of oxazole rings is 1. The van der Waals surface area contributed by atoms with Gasteiger partial charge in [0.15, 0.2) is 16.4 Å². The fourth-order valence-electron chi connectivity index (χ4n) is 3.38. The highest BCUT2D eigenvalue weighted by molar-refractivity contribution is 7.71. The van der Waals surface area contributed by atoms with Crippen LogP contribution in [0.3, 0.4) is 0 Å². The molecule has 0 aliphatic heterocycles. The lowest BCUT2D eigenvalue weighted by Crippen LogP contribution is -2.23. The molecule has 0 aliphatic carbocycles. The lowest BCUT2D eigenvalue weighted by atomic mass is 10.1. The summed E-state index contributed by atoms with van der Waals surface area (Å²) in [5.41, 5.74) is 2.24. The molecular weight excluding hydrogens is 428 g/mol. The molecule has 0 aliphatic rings. The number of methoxy groups -OCH3 is 1. The van der Waals surface area contributed by atoms with E-state index >= 15 is 0 Å². The van der Waals surface area contributed by atoms with E-state index < -0.39 is 0 Å². The summed E-state index contributed by atoms with van der Waals surface area (Å²) in [7, 11) is 1.61. The van der Waals surface area contributed by atoms with Crippen molar-refractivity contribution in [2.24, 2.45) is 0 Å². The van der Waals surface area contributed by atoms with E-state index in [1.165, 1.54) is 4.57 Å². The fraction of sp³-hybridized carbons (Fsp3) is 0.217. The first-order valence-electron chi connectivity index (χ1n) is 10.1. The summed E-state index contributed by atoms with van der Waals surface area (Å²) in [5, 5.41) is 3.33. The molecule has 0 fully saturated rings. The number of amides is 1. The first-order chi connectivity index (χ1) is 15.5. The van der Waals surface area contributed by atoms with E-state index in [9.17, 15) is 9.59 Å². The van der Waals surface area contributed by atoms with Crippen molar-refractivity contribution in [1.82, 2.24) is 14.5 Å². The third-order valence-corrected chi connectivity index (χ3v) is 5.35. The van der Waals surface area contributed by atoms with Crippen molar-refractivity contribution in [2.75, 3.05) is 19.0 Å². The van der Waals surface area contributed by atoms with Crippen LogP contribution in [0.4, 0.5) is 5.69 Å². The average Bonchev–Trinajstić information content (AvgIpc) is 3.22. The van der Waals surface area contributed by atoms with Crippen LogP contribution in [0, 0.1) is 11.7 Å². The van der Waals surface area contributed by atoms with Crippen molar-refractivity contribution in [3.8, 4) is 11.3 Å². The van der Waals surface area contributed by atoms with Crippen molar-refractivity contribution < 1.29 is 13.9 Å². The molecule has 0 radical (unpaired) electrons. The van der Waals surface area contributed by atoms with Gasteiger partial charge in [0.25, 0.3) is 11.5 Å². The molecule has 164 valence electrons. The van der Waals surface area contributed by atoms with Crippen LogP contribution in [-0.4, -0.2) is 34.2 Å². The lowest BCUT2D eigenvalue weighted by molar-refractivity contribution is 0.102. The molecule has 8 nitrogen and oxygen atoms in total. The Morgan fingerprint density at radius 1 is 1.25 bits per heavy atom. The molecule has 1 amide bonds. The van der Waals surface area contributed by atoms with Crippen LogP contribution in [0.1, 0.15) is 22.7 Å². The number of aromatic nitrogens is 3. The number of carbonyl (C=O) groups is 1. The highest BCUT2D eigenvalue weighted by atomic mass is 32.1. The van der Waals surface area contributed by atoms with Crippen molar-refractivity contribution >= 4 is 34.7 Å². The largest absolute Gasteiger partial charge is 0.441 e. The topological polar surface area (TPSA) is 102 Å². The van der Waals surface area contributed by atoms with Gasteiger partial charge in [-0.15, -0.1) is 0 Å². The second-order valence-electron chi connectivity index (χ2n) is 7.27. The van der Waals surface area contributed by atoms with Crippen molar-refractivity contribution in [3.05, 3.63) is 75.2 Å². The minimum Gasteiger partial charge on any atom is -0.441 e. The zero-order valence-corrected chi connectivity index (χ0v) is 18.5. The van der Waals surface area contributed by atoms with Gasteiger partial charge in [0.1, 0.15) is 0 Å². The first kappa shape index (κ1) is 21.7. The summed E-state index contributed by atoms with van der Waals surface area (Å²) in [5.74, 6) is 0.964. The molecule has 9 heteroatoms. The maximum absolute atomic E-state index is 12.8. The summed E-state index contributed by atoms with van der Waals surface area (Å²) < 4.78 is 12.4. The number of rotatable bonds is 7. The Balaban J connectivity index is 1.54. The predicted octanol–water partition coefficient (Wildman–Crippen LogP) is 4.31. The second-order valence-corrected chi connectivity index (χ2v) is 7.66.